The molecule has 1 aliphatic rings. The number of hydrogen-bond acceptors (Lipinski definition) is 4. The molecule has 0 aromatic carbocycles. The molecular formula is C15H25N3O. The van der Waals surface area contributed by atoms with Crippen LogP contribution in [0.1, 0.15) is 37.1 Å². The Bertz CT molecular complexity index is 402. The maximum Gasteiger partial charge on any atom is 0.138 e. The Morgan fingerprint density at radius 3 is 2.84 bits per heavy atom. The van der Waals surface area contributed by atoms with E-state index < -0.39 is 0 Å². The van der Waals surface area contributed by atoms with Crippen LogP contribution in [0.3, 0.4) is 0 Å². The molecule has 0 saturated heterocycles. The van der Waals surface area contributed by atoms with Crippen molar-refractivity contribution in [1.82, 2.24) is 15.2 Å². The van der Waals surface area contributed by atoms with Crippen molar-refractivity contribution in [3.8, 4) is 5.75 Å². The van der Waals surface area contributed by atoms with Crippen LogP contribution in [0.4, 0.5) is 0 Å². The van der Waals surface area contributed by atoms with E-state index in [2.05, 4.69) is 22.2 Å². The average Bonchev–Trinajstić information content (AvgIpc) is 2.92. The summed E-state index contributed by atoms with van der Waals surface area (Å²) in [4.78, 5) is 6.79. The zero-order valence-electron chi connectivity index (χ0n) is 12.0. The Morgan fingerprint density at radius 1 is 1.37 bits per heavy atom. The number of nitrogens with zero attached hydrogens (tertiary/aromatic N) is 2. The minimum atomic E-state index is 0.280. The summed E-state index contributed by atoms with van der Waals surface area (Å²) in [7, 11) is 2.21. The van der Waals surface area contributed by atoms with Crippen LogP contribution in [0.15, 0.2) is 12.1 Å². The van der Waals surface area contributed by atoms with Crippen molar-refractivity contribution in [2.24, 2.45) is 0 Å². The molecule has 2 rings (SSSR count). The summed E-state index contributed by atoms with van der Waals surface area (Å²) in [6, 6.07) is 4.31. The summed E-state index contributed by atoms with van der Waals surface area (Å²) in [6.45, 7) is 4.56. The van der Waals surface area contributed by atoms with Gasteiger partial charge in [-0.3, -0.25) is 4.98 Å². The maximum absolute atomic E-state index is 9.70. The molecule has 0 amide bonds. The van der Waals surface area contributed by atoms with Gasteiger partial charge in [-0.05, 0) is 38.9 Å². The third-order valence-electron chi connectivity index (χ3n) is 3.97. The van der Waals surface area contributed by atoms with Gasteiger partial charge in [-0.1, -0.05) is 12.8 Å². The number of aromatic nitrogens is 1. The third-order valence-corrected chi connectivity index (χ3v) is 3.97. The second-order valence-electron chi connectivity index (χ2n) is 5.51. The van der Waals surface area contributed by atoms with Crippen LogP contribution < -0.4 is 5.32 Å². The molecule has 1 aliphatic carbocycles. The van der Waals surface area contributed by atoms with Gasteiger partial charge in [-0.2, -0.15) is 0 Å². The van der Waals surface area contributed by atoms with Crippen molar-refractivity contribution < 1.29 is 5.11 Å². The number of pyridine rings is 1. The normalized spacial score (nSPS) is 16.4. The Hall–Kier alpha value is -1.13. The highest BCUT2D eigenvalue weighted by molar-refractivity contribution is 5.27. The first-order valence-electron chi connectivity index (χ1n) is 7.23. The SMILES string of the molecule is Cc1ccc(O)c(CNCCN(C)C2CCCC2)n1. The molecule has 0 unspecified atom stereocenters. The second-order valence-corrected chi connectivity index (χ2v) is 5.51. The highest BCUT2D eigenvalue weighted by atomic mass is 16.3. The highest BCUT2D eigenvalue weighted by Crippen LogP contribution is 2.21. The number of aryl methyl sites for hydroxylation is 1. The first-order valence-corrected chi connectivity index (χ1v) is 7.23. The van der Waals surface area contributed by atoms with E-state index in [-0.39, 0.29) is 5.75 Å². The van der Waals surface area contributed by atoms with Crippen molar-refractivity contribution in [3.63, 3.8) is 0 Å². The van der Waals surface area contributed by atoms with Crippen LogP contribution in [0.25, 0.3) is 0 Å². The number of hydrogen-bond donors (Lipinski definition) is 2. The molecule has 4 nitrogen and oxygen atoms in total. The van der Waals surface area contributed by atoms with Gasteiger partial charge in [0.1, 0.15) is 5.75 Å². The Labute approximate surface area is 115 Å². The maximum atomic E-state index is 9.70. The largest absolute Gasteiger partial charge is 0.506 e. The predicted octanol–water partition coefficient (Wildman–Crippen LogP) is 2.06. The van der Waals surface area contributed by atoms with Crippen LogP contribution in [0.2, 0.25) is 0 Å². The van der Waals surface area contributed by atoms with Crippen LogP contribution in [-0.4, -0.2) is 41.2 Å². The van der Waals surface area contributed by atoms with E-state index in [1.54, 1.807) is 6.07 Å². The van der Waals surface area contributed by atoms with Crippen LogP contribution >= 0.6 is 0 Å². The smallest absolute Gasteiger partial charge is 0.138 e. The lowest BCUT2D eigenvalue weighted by Crippen LogP contribution is -2.35. The zero-order valence-corrected chi connectivity index (χ0v) is 12.0. The van der Waals surface area contributed by atoms with Gasteiger partial charge in [0.25, 0.3) is 0 Å². The van der Waals surface area contributed by atoms with Gasteiger partial charge in [0, 0.05) is 31.4 Å². The van der Waals surface area contributed by atoms with Gasteiger partial charge in [-0.15, -0.1) is 0 Å². The van der Waals surface area contributed by atoms with Crippen molar-refractivity contribution in [3.05, 3.63) is 23.5 Å². The summed E-state index contributed by atoms with van der Waals surface area (Å²) in [5.41, 5.74) is 1.68. The Kier molecular flexibility index (Phi) is 5.16. The van der Waals surface area contributed by atoms with E-state index in [1.807, 2.05) is 13.0 Å². The topological polar surface area (TPSA) is 48.4 Å². The quantitative estimate of drug-likeness (QED) is 0.771. The molecule has 106 valence electrons. The van der Waals surface area contributed by atoms with Crippen LogP contribution in [0, 0.1) is 6.92 Å². The fourth-order valence-electron chi connectivity index (χ4n) is 2.72. The molecule has 0 atom stereocenters. The number of aromatic hydroxyl groups is 1. The molecule has 4 heteroatoms. The lowest BCUT2D eigenvalue weighted by molar-refractivity contribution is 0.245. The molecule has 1 aromatic rings. The highest BCUT2D eigenvalue weighted by Gasteiger charge is 2.18. The zero-order chi connectivity index (χ0) is 13.7. The van der Waals surface area contributed by atoms with Gasteiger partial charge in [-0.25, -0.2) is 0 Å². The molecule has 0 aliphatic heterocycles. The first kappa shape index (κ1) is 14.3. The molecule has 0 spiro atoms. The molecule has 1 saturated carbocycles. The number of nitrogens with one attached hydrogen (secondary N) is 1. The van der Waals surface area contributed by atoms with Crippen LogP contribution in [0.5, 0.6) is 5.75 Å². The van der Waals surface area contributed by atoms with E-state index in [0.717, 1.165) is 30.5 Å². The molecular weight excluding hydrogens is 238 g/mol. The summed E-state index contributed by atoms with van der Waals surface area (Å²) in [5, 5.41) is 13.1. The monoisotopic (exact) mass is 263 g/mol. The number of rotatable bonds is 6. The Morgan fingerprint density at radius 2 is 2.11 bits per heavy atom. The van der Waals surface area contributed by atoms with E-state index in [0.29, 0.717) is 6.54 Å². The van der Waals surface area contributed by atoms with Gasteiger partial charge >= 0.3 is 0 Å². The lowest BCUT2D eigenvalue weighted by Gasteiger charge is -2.23. The molecule has 1 heterocycles. The van der Waals surface area contributed by atoms with Gasteiger partial charge < -0.3 is 15.3 Å². The minimum Gasteiger partial charge on any atom is -0.506 e. The first-order chi connectivity index (χ1) is 9.16. The van der Waals surface area contributed by atoms with Gasteiger partial charge in [0.2, 0.25) is 0 Å². The van der Waals surface area contributed by atoms with Gasteiger partial charge in [0.05, 0.1) is 5.69 Å². The standard InChI is InChI=1S/C15H25N3O/c1-12-7-8-15(19)14(17-12)11-16-9-10-18(2)13-5-3-4-6-13/h7-8,13,16,19H,3-6,9-11H2,1-2H3. The average molecular weight is 263 g/mol. The van der Waals surface area contributed by atoms with E-state index >= 15 is 0 Å². The molecule has 1 fully saturated rings. The fourth-order valence-corrected chi connectivity index (χ4v) is 2.72. The number of likely N-dealkylation sites (N-methyl/N-ethyl adjacent to an activating group) is 1. The minimum absolute atomic E-state index is 0.280. The van der Waals surface area contributed by atoms with Crippen molar-refractivity contribution in [1.29, 1.82) is 0 Å². The summed E-state index contributed by atoms with van der Waals surface area (Å²) >= 11 is 0. The molecule has 19 heavy (non-hydrogen) atoms. The molecule has 0 radical (unpaired) electrons. The van der Waals surface area contributed by atoms with Crippen molar-refractivity contribution in [2.45, 2.75) is 45.2 Å². The molecule has 2 N–H and O–H groups in total. The van der Waals surface area contributed by atoms with Gasteiger partial charge in [0.15, 0.2) is 0 Å². The molecule has 0 bridgehead atoms. The van der Waals surface area contributed by atoms with E-state index in [9.17, 15) is 5.11 Å². The second kappa shape index (κ2) is 6.87. The summed E-state index contributed by atoms with van der Waals surface area (Å²) in [5.74, 6) is 0.280. The molecule has 1 aromatic heterocycles. The fraction of sp³-hybridized carbons (Fsp3) is 0.667. The lowest BCUT2D eigenvalue weighted by atomic mass is 10.2. The summed E-state index contributed by atoms with van der Waals surface area (Å²) < 4.78 is 0. The van der Waals surface area contributed by atoms with Crippen molar-refractivity contribution in [2.75, 3.05) is 20.1 Å². The Balaban J connectivity index is 1.70. The third kappa shape index (κ3) is 4.18. The predicted molar refractivity (Wildman–Crippen MR) is 77.2 cm³/mol. The van der Waals surface area contributed by atoms with Crippen LogP contribution in [-0.2, 0) is 6.54 Å². The van der Waals surface area contributed by atoms with E-state index in [1.165, 1.54) is 25.7 Å². The van der Waals surface area contributed by atoms with Crippen molar-refractivity contribution >= 4 is 0 Å². The summed E-state index contributed by atoms with van der Waals surface area (Å²) in [6.07, 6.45) is 5.44. The van der Waals surface area contributed by atoms with E-state index in [4.69, 9.17) is 0 Å².